The molecule has 0 saturated carbocycles. The average Bonchev–Trinajstić information content (AvgIpc) is 3.44. The van der Waals surface area contributed by atoms with Crippen molar-refractivity contribution in [3.63, 3.8) is 0 Å². The molecule has 2 aromatic rings. The van der Waals surface area contributed by atoms with Crippen molar-refractivity contribution < 1.29 is 36.5 Å². The molecule has 0 radical (unpaired) electrons. The monoisotopic (exact) mass is 608 g/mol. The second-order valence-electron chi connectivity index (χ2n) is 13.2. The highest BCUT2D eigenvalue weighted by atomic mass is 35.5. The normalized spacial score (nSPS) is 24.5. The van der Waals surface area contributed by atoms with Gasteiger partial charge in [0.15, 0.2) is 20.3 Å². The van der Waals surface area contributed by atoms with Crippen LogP contribution in [-0.2, 0) is 31.5 Å². The number of fused-ring (bicyclic) bond motifs is 2. The van der Waals surface area contributed by atoms with Crippen LogP contribution in [-0.4, -0.2) is 70.2 Å². The highest BCUT2D eigenvalue weighted by molar-refractivity contribution is 6.76. The van der Waals surface area contributed by atoms with Crippen molar-refractivity contribution in [2.24, 2.45) is 0 Å². The molecule has 0 aliphatic carbocycles. The molecule has 0 amide bonds. The first-order chi connectivity index (χ1) is 17.9. The van der Waals surface area contributed by atoms with Crippen LogP contribution in [0.3, 0.4) is 0 Å². The average molecular weight is 609 g/mol. The molecule has 220 valence electrons. The molecule has 2 aliphatic rings. The van der Waals surface area contributed by atoms with Crippen LogP contribution in [0.4, 0.5) is 13.2 Å². The summed E-state index contributed by atoms with van der Waals surface area (Å²) >= 11 is 5.91. The summed E-state index contributed by atoms with van der Waals surface area (Å²) in [4.78, 5) is 4.03. The molecule has 2 saturated heterocycles. The lowest BCUT2D eigenvalue weighted by Crippen LogP contribution is -2.47. The summed E-state index contributed by atoms with van der Waals surface area (Å²) in [5, 5.41) is -0.563. The fourth-order valence-corrected chi connectivity index (χ4v) is 6.76. The third-order valence-corrected chi connectivity index (χ3v) is 14.3. The van der Waals surface area contributed by atoms with Gasteiger partial charge in [-0.25, -0.2) is 4.98 Å². The van der Waals surface area contributed by atoms with E-state index in [0.717, 1.165) is 12.1 Å². The predicted molar refractivity (Wildman–Crippen MR) is 150 cm³/mol. The Morgan fingerprint density at radius 3 is 2.23 bits per heavy atom. The Kier molecular flexibility index (Phi) is 8.62. The number of hydrogen-bond acceptors (Lipinski definition) is 6. The van der Waals surface area contributed by atoms with Crippen LogP contribution in [0, 0.1) is 0 Å². The van der Waals surface area contributed by atoms with E-state index < -0.39 is 39.4 Å². The number of aromatic nitrogens is 2. The Balaban J connectivity index is 1.57. The van der Waals surface area contributed by atoms with E-state index in [1.165, 1.54) is 0 Å². The molecular weight excluding hydrogens is 569 g/mol. The maximum absolute atomic E-state index is 13.6. The fraction of sp³-hybridized carbons (Fsp3) is 0.731. The van der Waals surface area contributed by atoms with Crippen LogP contribution in [0.5, 0.6) is 5.88 Å². The number of nitrogens with zero attached hydrogens (tertiary/aromatic N) is 2. The van der Waals surface area contributed by atoms with Gasteiger partial charge in [-0.2, -0.15) is 13.2 Å². The van der Waals surface area contributed by atoms with Crippen molar-refractivity contribution in [2.75, 3.05) is 19.8 Å². The van der Waals surface area contributed by atoms with Gasteiger partial charge < -0.3 is 23.4 Å². The first-order valence-electron chi connectivity index (χ1n) is 13.3. The summed E-state index contributed by atoms with van der Waals surface area (Å²) in [6.45, 7) is 18.8. The van der Waals surface area contributed by atoms with Crippen molar-refractivity contribution in [3.8, 4) is 5.88 Å². The van der Waals surface area contributed by atoms with Crippen molar-refractivity contribution >= 4 is 39.0 Å². The molecule has 2 aromatic heterocycles. The second-order valence-corrected chi connectivity index (χ2v) is 23.9. The third-order valence-electron chi connectivity index (χ3n) is 7.81. The Hall–Kier alpha value is -1.16. The summed E-state index contributed by atoms with van der Waals surface area (Å²) in [7, 11) is -3.40. The molecule has 0 bridgehead atoms. The third kappa shape index (κ3) is 6.84. The predicted octanol–water partition coefficient (Wildman–Crippen LogP) is 6.96. The van der Waals surface area contributed by atoms with Crippen LogP contribution in [0.2, 0.25) is 49.0 Å². The van der Waals surface area contributed by atoms with Gasteiger partial charge in [-0.3, -0.25) is 4.57 Å². The summed E-state index contributed by atoms with van der Waals surface area (Å²) < 4.78 is 73.5. The van der Waals surface area contributed by atoms with Gasteiger partial charge >= 0.3 is 6.18 Å². The Labute approximate surface area is 235 Å². The van der Waals surface area contributed by atoms with E-state index in [1.54, 1.807) is 10.6 Å². The molecule has 1 unspecified atom stereocenters. The number of halogens is 4. The van der Waals surface area contributed by atoms with E-state index >= 15 is 0 Å². The lowest BCUT2D eigenvalue weighted by atomic mass is 10.1. The smallest absolute Gasteiger partial charge is 0.419 e. The van der Waals surface area contributed by atoms with Gasteiger partial charge in [-0.05, 0) is 30.2 Å². The number of hydrogen-bond donors (Lipinski definition) is 0. The van der Waals surface area contributed by atoms with Gasteiger partial charge in [0.25, 0.3) is 0 Å². The SMILES string of the molecule is CC(C)(C)[Si](C)(C)OC1CO[C@H]2[C@@H]1OC[C@H]2Oc1cc2nc(Cl)c(C(F)(F)F)cc2n1COCC[Si](C)(C)C. The van der Waals surface area contributed by atoms with Crippen molar-refractivity contribution in [2.45, 2.75) is 102 Å². The summed E-state index contributed by atoms with van der Waals surface area (Å²) in [6.07, 6.45) is -5.95. The largest absolute Gasteiger partial charge is 0.470 e. The van der Waals surface area contributed by atoms with Gasteiger partial charge in [0.1, 0.15) is 24.1 Å². The summed E-state index contributed by atoms with van der Waals surface area (Å²) in [5.74, 6) is 0.326. The van der Waals surface area contributed by atoms with Crippen molar-refractivity contribution in [1.29, 1.82) is 0 Å². The highest BCUT2D eigenvalue weighted by Gasteiger charge is 2.52. The molecule has 0 spiro atoms. The molecule has 13 heteroatoms. The first kappa shape index (κ1) is 30.8. The quantitative estimate of drug-likeness (QED) is 0.174. The van der Waals surface area contributed by atoms with Crippen LogP contribution in [0.15, 0.2) is 12.1 Å². The van der Waals surface area contributed by atoms with Crippen molar-refractivity contribution in [3.05, 3.63) is 22.8 Å². The lowest BCUT2D eigenvalue weighted by Gasteiger charge is -2.39. The van der Waals surface area contributed by atoms with E-state index in [0.29, 0.717) is 24.6 Å². The van der Waals surface area contributed by atoms with E-state index in [9.17, 15) is 13.2 Å². The molecule has 7 nitrogen and oxygen atoms in total. The van der Waals surface area contributed by atoms with Gasteiger partial charge in [0.2, 0.25) is 0 Å². The molecule has 4 rings (SSSR count). The first-order valence-corrected chi connectivity index (χ1v) is 20.3. The minimum absolute atomic E-state index is 0.0174. The van der Waals surface area contributed by atoms with Crippen molar-refractivity contribution in [1.82, 2.24) is 9.55 Å². The van der Waals surface area contributed by atoms with E-state index in [1.807, 2.05) is 0 Å². The molecule has 4 atom stereocenters. The van der Waals surface area contributed by atoms with Crippen LogP contribution >= 0.6 is 11.6 Å². The maximum atomic E-state index is 13.6. The highest BCUT2D eigenvalue weighted by Crippen LogP contribution is 2.41. The standard InChI is InChI=1S/C26H40ClF3N2O5Si2/c1-25(2,3)39(7,8)37-20-14-35-22-19(13-34-23(20)22)36-21-12-17-18(11-16(24(27)31-17)26(28,29)30)32(21)15-33-9-10-38(4,5)6/h11-12,19-20,22-23H,9-10,13-15H2,1-8H3/t19-,20?,22-,23-/m1/s1. The molecule has 0 N–H and O–H groups in total. The van der Waals surface area contributed by atoms with Crippen LogP contribution < -0.4 is 4.74 Å². The zero-order chi connectivity index (χ0) is 29.0. The lowest BCUT2D eigenvalue weighted by molar-refractivity contribution is -0.137. The Bertz CT molecular complexity index is 1180. The zero-order valence-corrected chi connectivity index (χ0v) is 26.7. The Morgan fingerprint density at radius 2 is 1.64 bits per heavy atom. The maximum Gasteiger partial charge on any atom is 0.419 e. The summed E-state index contributed by atoms with van der Waals surface area (Å²) in [5.41, 5.74) is -0.478. The topological polar surface area (TPSA) is 64.0 Å². The van der Waals surface area contributed by atoms with Gasteiger partial charge in [-0.1, -0.05) is 52.0 Å². The number of alkyl halides is 3. The molecule has 0 aromatic carbocycles. The molecular formula is C26H40ClF3N2O5Si2. The Morgan fingerprint density at radius 1 is 1.03 bits per heavy atom. The summed E-state index contributed by atoms with van der Waals surface area (Å²) in [6, 6.07) is 3.52. The minimum Gasteiger partial charge on any atom is -0.470 e. The molecule has 2 aliphatic heterocycles. The second kappa shape index (κ2) is 10.9. The number of rotatable bonds is 9. The zero-order valence-electron chi connectivity index (χ0n) is 23.9. The van der Waals surface area contributed by atoms with Crippen LogP contribution in [0.25, 0.3) is 11.0 Å². The van der Waals surface area contributed by atoms with E-state index in [2.05, 4.69) is 58.5 Å². The molecule has 2 fully saturated rings. The number of pyridine rings is 1. The van der Waals surface area contributed by atoms with E-state index in [4.69, 9.17) is 35.0 Å². The fourth-order valence-electron chi connectivity index (χ4n) is 4.43. The van der Waals surface area contributed by atoms with Gasteiger partial charge in [0.05, 0.1) is 35.9 Å². The van der Waals surface area contributed by atoms with E-state index in [-0.39, 0.29) is 42.2 Å². The van der Waals surface area contributed by atoms with Crippen LogP contribution in [0.1, 0.15) is 26.3 Å². The van der Waals surface area contributed by atoms with Gasteiger partial charge in [-0.15, -0.1) is 0 Å². The molecule has 4 heterocycles. The minimum atomic E-state index is -4.64. The van der Waals surface area contributed by atoms with Gasteiger partial charge in [0, 0.05) is 20.7 Å². The molecule has 39 heavy (non-hydrogen) atoms. The number of ether oxygens (including phenoxy) is 4.